The number of rotatable bonds is 3. The first kappa shape index (κ1) is 12.4. The Labute approximate surface area is 115 Å². The summed E-state index contributed by atoms with van der Waals surface area (Å²) >= 11 is 1.43. The third kappa shape index (κ3) is 2.56. The standard InChI is InChI=1S/C12H16N6S/c1-8-6-10(13)11(14-7-8)19-12-15-16-17-18(12)9-4-2-3-5-9/h6-7,9H,2-5,13H2,1H3. The second-order valence-corrected chi connectivity index (χ2v) is 5.81. The molecule has 0 aliphatic heterocycles. The van der Waals surface area contributed by atoms with Crippen LogP contribution >= 0.6 is 11.8 Å². The third-order valence-corrected chi connectivity index (χ3v) is 4.32. The number of nitrogen functional groups attached to an aromatic ring is 1. The van der Waals surface area contributed by atoms with Gasteiger partial charge in [0, 0.05) is 6.20 Å². The molecule has 0 aromatic carbocycles. The molecule has 2 aromatic rings. The zero-order valence-corrected chi connectivity index (χ0v) is 11.6. The van der Waals surface area contributed by atoms with Crippen LogP contribution in [0.5, 0.6) is 0 Å². The average molecular weight is 276 g/mol. The number of nitrogens with zero attached hydrogens (tertiary/aromatic N) is 5. The highest BCUT2D eigenvalue weighted by Gasteiger charge is 2.22. The van der Waals surface area contributed by atoms with E-state index < -0.39 is 0 Å². The summed E-state index contributed by atoms with van der Waals surface area (Å²) in [6.07, 6.45) is 6.60. The van der Waals surface area contributed by atoms with Gasteiger partial charge in [-0.3, -0.25) is 0 Å². The Hall–Kier alpha value is -1.63. The third-order valence-electron chi connectivity index (χ3n) is 3.34. The lowest BCUT2D eigenvalue weighted by atomic mass is 10.3. The van der Waals surface area contributed by atoms with E-state index in [1.165, 1.54) is 24.6 Å². The van der Waals surface area contributed by atoms with Crippen LogP contribution in [-0.4, -0.2) is 25.2 Å². The minimum Gasteiger partial charge on any atom is -0.397 e. The second kappa shape index (κ2) is 5.16. The normalized spacial score (nSPS) is 16.1. The molecule has 0 unspecified atom stereocenters. The fourth-order valence-electron chi connectivity index (χ4n) is 2.38. The van der Waals surface area contributed by atoms with E-state index in [2.05, 4.69) is 20.5 Å². The fraction of sp³-hybridized carbons (Fsp3) is 0.500. The molecule has 7 heteroatoms. The number of anilines is 1. The van der Waals surface area contributed by atoms with Crippen LogP contribution in [0.25, 0.3) is 0 Å². The van der Waals surface area contributed by atoms with E-state index in [-0.39, 0.29) is 0 Å². The minimum absolute atomic E-state index is 0.421. The van der Waals surface area contributed by atoms with Crippen molar-refractivity contribution < 1.29 is 0 Å². The van der Waals surface area contributed by atoms with Crippen molar-refractivity contribution in [2.75, 3.05) is 5.73 Å². The largest absolute Gasteiger partial charge is 0.397 e. The molecule has 2 aromatic heterocycles. The first-order valence-corrected chi connectivity index (χ1v) is 7.23. The average Bonchev–Trinajstić information content (AvgIpc) is 3.03. The number of aromatic nitrogens is 5. The van der Waals surface area contributed by atoms with Crippen LogP contribution < -0.4 is 5.73 Å². The van der Waals surface area contributed by atoms with Gasteiger partial charge in [-0.25, -0.2) is 9.67 Å². The monoisotopic (exact) mass is 276 g/mol. The Morgan fingerprint density at radius 2 is 2.16 bits per heavy atom. The van der Waals surface area contributed by atoms with Crippen molar-refractivity contribution in [1.29, 1.82) is 0 Å². The molecule has 1 saturated carbocycles. The van der Waals surface area contributed by atoms with Crippen LogP contribution in [0.15, 0.2) is 22.4 Å². The Kier molecular flexibility index (Phi) is 3.37. The maximum absolute atomic E-state index is 5.98. The second-order valence-electron chi connectivity index (χ2n) is 4.85. The Morgan fingerprint density at radius 1 is 1.37 bits per heavy atom. The lowest BCUT2D eigenvalue weighted by molar-refractivity contribution is 0.423. The predicted molar refractivity (Wildman–Crippen MR) is 72.8 cm³/mol. The highest BCUT2D eigenvalue weighted by Crippen LogP contribution is 2.34. The maximum atomic E-state index is 5.98. The van der Waals surface area contributed by atoms with Crippen molar-refractivity contribution in [2.24, 2.45) is 0 Å². The van der Waals surface area contributed by atoms with Crippen molar-refractivity contribution in [2.45, 2.75) is 48.8 Å². The van der Waals surface area contributed by atoms with E-state index in [0.29, 0.717) is 11.7 Å². The molecule has 0 spiro atoms. The zero-order chi connectivity index (χ0) is 13.2. The number of tetrazole rings is 1. The highest BCUT2D eigenvalue weighted by atomic mass is 32.2. The molecular formula is C12H16N6S. The minimum atomic E-state index is 0.421. The zero-order valence-electron chi connectivity index (χ0n) is 10.8. The van der Waals surface area contributed by atoms with Crippen molar-refractivity contribution in [3.05, 3.63) is 17.8 Å². The molecule has 19 heavy (non-hydrogen) atoms. The molecule has 100 valence electrons. The number of hydrogen-bond donors (Lipinski definition) is 1. The summed E-state index contributed by atoms with van der Waals surface area (Å²) in [7, 11) is 0. The number of nitrogens with two attached hydrogens (primary N) is 1. The van der Waals surface area contributed by atoms with E-state index >= 15 is 0 Å². The van der Waals surface area contributed by atoms with Crippen LogP contribution in [0.1, 0.15) is 37.3 Å². The van der Waals surface area contributed by atoms with E-state index in [1.807, 2.05) is 23.9 Å². The van der Waals surface area contributed by atoms with Gasteiger partial charge < -0.3 is 5.73 Å². The Bertz CT molecular complexity index is 575. The summed E-state index contributed by atoms with van der Waals surface area (Å²) in [5.74, 6) is 0. The van der Waals surface area contributed by atoms with Gasteiger partial charge in [-0.1, -0.05) is 12.8 Å². The lowest BCUT2D eigenvalue weighted by Gasteiger charge is -2.11. The van der Waals surface area contributed by atoms with Crippen LogP contribution in [0.3, 0.4) is 0 Å². The summed E-state index contributed by atoms with van der Waals surface area (Å²) in [5, 5.41) is 13.5. The maximum Gasteiger partial charge on any atom is 0.215 e. The van der Waals surface area contributed by atoms with Crippen molar-refractivity contribution in [3.63, 3.8) is 0 Å². The van der Waals surface area contributed by atoms with Gasteiger partial charge in [0.2, 0.25) is 5.16 Å². The highest BCUT2D eigenvalue weighted by molar-refractivity contribution is 7.99. The fourth-order valence-corrected chi connectivity index (χ4v) is 3.19. The number of pyridine rings is 1. The van der Waals surface area contributed by atoms with Gasteiger partial charge in [0.25, 0.3) is 0 Å². The lowest BCUT2D eigenvalue weighted by Crippen LogP contribution is -2.08. The number of aryl methyl sites for hydroxylation is 1. The molecule has 0 bridgehead atoms. The first-order valence-electron chi connectivity index (χ1n) is 6.42. The SMILES string of the molecule is Cc1cnc(Sc2nnnn2C2CCCC2)c(N)c1. The molecular weight excluding hydrogens is 260 g/mol. The smallest absolute Gasteiger partial charge is 0.215 e. The van der Waals surface area contributed by atoms with Crippen molar-refractivity contribution in [1.82, 2.24) is 25.2 Å². The van der Waals surface area contributed by atoms with Crippen LogP contribution in [0.2, 0.25) is 0 Å². The van der Waals surface area contributed by atoms with E-state index in [4.69, 9.17) is 5.73 Å². The van der Waals surface area contributed by atoms with E-state index in [9.17, 15) is 0 Å². The molecule has 0 radical (unpaired) electrons. The van der Waals surface area contributed by atoms with Crippen molar-refractivity contribution in [3.8, 4) is 0 Å². The van der Waals surface area contributed by atoms with E-state index in [0.717, 1.165) is 28.6 Å². The van der Waals surface area contributed by atoms with Crippen LogP contribution in [0, 0.1) is 6.92 Å². The summed E-state index contributed by atoms with van der Waals surface area (Å²) in [6.45, 7) is 1.97. The molecule has 3 rings (SSSR count). The molecule has 0 amide bonds. The molecule has 1 aliphatic rings. The molecule has 6 nitrogen and oxygen atoms in total. The molecule has 2 N–H and O–H groups in total. The van der Waals surface area contributed by atoms with Gasteiger partial charge in [0.1, 0.15) is 5.03 Å². The van der Waals surface area contributed by atoms with Gasteiger partial charge in [0.15, 0.2) is 0 Å². The summed E-state index contributed by atoms with van der Waals surface area (Å²) in [6, 6.07) is 2.34. The van der Waals surface area contributed by atoms with Gasteiger partial charge in [0.05, 0.1) is 11.7 Å². The Morgan fingerprint density at radius 3 is 2.89 bits per heavy atom. The molecule has 2 heterocycles. The Balaban J connectivity index is 1.85. The summed E-state index contributed by atoms with van der Waals surface area (Å²) < 4.78 is 1.92. The molecule has 0 atom stereocenters. The predicted octanol–water partition coefficient (Wildman–Crippen LogP) is 2.23. The first-order chi connectivity index (χ1) is 9.24. The summed E-state index contributed by atoms with van der Waals surface area (Å²) in [5.41, 5.74) is 7.71. The van der Waals surface area contributed by atoms with Gasteiger partial charge in [-0.2, -0.15) is 0 Å². The van der Waals surface area contributed by atoms with E-state index in [1.54, 1.807) is 0 Å². The topological polar surface area (TPSA) is 82.5 Å². The van der Waals surface area contributed by atoms with Gasteiger partial charge in [-0.05, 0) is 53.6 Å². The van der Waals surface area contributed by atoms with Gasteiger partial charge >= 0.3 is 0 Å². The number of hydrogen-bond acceptors (Lipinski definition) is 6. The molecule has 1 fully saturated rings. The quantitative estimate of drug-likeness (QED) is 0.925. The van der Waals surface area contributed by atoms with Crippen molar-refractivity contribution >= 4 is 17.4 Å². The summed E-state index contributed by atoms with van der Waals surface area (Å²) in [4.78, 5) is 4.35. The van der Waals surface area contributed by atoms with Crippen LogP contribution in [0.4, 0.5) is 5.69 Å². The van der Waals surface area contributed by atoms with Crippen LogP contribution in [-0.2, 0) is 0 Å². The molecule has 0 saturated heterocycles. The molecule has 1 aliphatic carbocycles. The van der Waals surface area contributed by atoms with Gasteiger partial charge in [-0.15, -0.1) is 5.10 Å².